The SMILES string of the molecule is CCN(CC)CC.c1ccc(P(c2ccccc2)c2ccccc2)cc1.c1ccc(P(c2ccccc2)c2ccccc2)cc1. The van der Waals surface area contributed by atoms with Crippen LogP contribution in [0.1, 0.15) is 20.8 Å². The quantitative estimate of drug-likeness (QED) is 0.146. The van der Waals surface area contributed by atoms with Crippen LogP contribution in [0.25, 0.3) is 0 Å². The second-order valence-corrected chi connectivity index (χ2v) is 14.7. The molecule has 6 rings (SSSR count). The molecular formula is C42H45NP2. The molecule has 0 saturated heterocycles. The van der Waals surface area contributed by atoms with Gasteiger partial charge in [0.2, 0.25) is 0 Å². The average molecular weight is 626 g/mol. The van der Waals surface area contributed by atoms with Crippen molar-refractivity contribution in [2.75, 3.05) is 19.6 Å². The molecule has 45 heavy (non-hydrogen) atoms. The Morgan fingerprint density at radius 1 is 0.289 bits per heavy atom. The van der Waals surface area contributed by atoms with Gasteiger partial charge in [0, 0.05) is 0 Å². The normalized spacial score (nSPS) is 10.5. The lowest BCUT2D eigenvalue weighted by atomic mass is 10.4. The summed E-state index contributed by atoms with van der Waals surface area (Å²) in [5.41, 5.74) is 0. The molecular weight excluding hydrogens is 580 g/mol. The fraction of sp³-hybridized carbons (Fsp3) is 0.143. The molecule has 0 heterocycles. The number of rotatable bonds is 9. The van der Waals surface area contributed by atoms with Crippen molar-refractivity contribution in [2.45, 2.75) is 20.8 Å². The molecule has 3 heteroatoms. The molecule has 0 aliphatic rings. The van der Waals surface area contributed by atoms with Crippen molar-refractivity contribution >= 4 is 47.7 Å². The Morgan fingerprint density at radius 2 is 0.444 bits per heavy atom. The van der Waals surface area contributed by atoms with Crippen LogP contribution in [0.5, 0.6) is 0 Å². The first-order valence-corrected chi connectivity index (χ1v) is 18.6. The first-order chi connectivity index (χ1) is 22.2. The number of hydrogen-bond acceptors (Lipinski definition) is 1. The molecule has 6 aromatic carbocycles. The lowest BCUT2D eigenvalue weighted by Gasteiger charge is -2.18. The maximum Gasteiger partial charge on any atom is -0.00474 e. The molecule has 0 atom stereocenters. The van der Waals surface area contributed by atoms with Crippen molar-refractivity contribution < 1.29 is 0 Å². The molecule has 228 valence electrons. The van der Waals surface area contributed by atoms with E-state index in [4.69, 9.17) is 0 Å². The van der Waals surface area contributed by atoms with Gasteiger partial charge in [-0.1, -0.05) is 203 Å². The van der Waals surface area contributed by atoms with E-state index in [1.54, 1.807) is 0 Å². The van der Waals surface area contributed by atoms with Crippen molar-refractivity contribution in [3.63, 3.8) is 0 Å². The maximum absolute atomic E-state index is 2.38. The fourth-order valence-electron chi connectivity index (χ4n) is 5.03. The fourth-order valence-corrected chi connectivity index (χ4v) is 9.64. The zero-order valence-electron chi connectivity index (χ0n) is 26.8. The Balaban J connectivity index is 0.000000170. The van der Waals surface area contributed by atoms with Crippen LogP contribution in [0.4, 0.5) is 0 Å². The van der Waals surface area contributed by atoms with E-state index in [0.29, 0.717) is 0 Å². The molecule has 0 spiro atoms. The minimum atomic E-state index is -0.446. The highest BCUT2D eigenvalue weighted by molar-refractivity contribution is 7.80. The Bertz CT molecular complexity index is 1260. The van der Waals surface area contributed by atoms with Crippen molar-refractivity contribution in [2.24, 2.45) is 0 Å². The first kappa shape index (κ1) is 34.0. The van der Waals surface area contributed by atoms with Gasteiger partial charge in [-0.25, -0.2) is 0 Å². The summed E-state index contributed by atoms with van der Waals surface area (Å²) in [6.07, 6.45) is 0. The summed E-state index contributed by atoms with van der Waals surface area (Å²) >= 11 is 0. The standard InChI is InChI=1S/2C18H15P.C6H15N/c2*1-4-10-16(11-5-1)19(17-12-6-2-7-13-17)18-14-8-3-9-15-18;1-4-7(5-2)6-3/h2*1-15H;4-6H2,1-3H3. The Hall–Kier alpha value is -3.86. The van der Waals surface area contributed by atoms with Crippen LogP contribution in [0.2, 0.25) is 0 Å². The van der Waals surface area contributed by atoms with E-state index >= 15 is 0 Å². The van der Waals surface area contributed by atoms with Crippen LogP contribution in [-0.4, -0.2) is 24.5 Å². The molecule has 1 nitrogen and oxygen atoms in total. The minimum absolute atomic E-state index is 0.446. The molecule has 0 radical (unpaired) electrons. The third-order valence-corrected chi connectivity index (χ3v) is 12.3. The highest BCUT2D eigenvalue weighted by atomic mass is 31.1. The van der Waals surface area contributed by atoms with Crippen molar-refractivity contribution in [1.29, 1.82) is 0 Å². The van der Waals surface area contributed by atoms with Gasteiger partial charge in [0.05, 0.1) is 0 Å². The second kappa shape index (κ2) is 19.5. The average Bonchev–Trinajstić information content (AvgIpc) is 3.13. The molecule has 0 aromatic heterocycles. The van der Waals surface area contributed by atoms with Crippen molar-refractivity contribution in [3.05, 3.63) is 182 Å². The zero-order chi connectivity index (χ0) is 31.5. The van der Waals surface area contributed by atoms with Crippen LogP contribution in [0.3, 0.4) is 0 Å². The molecule has 0 fully saturated rings. The summed E-state index contributed by atoms with van der Waals surface area (Å²) in [5.74, 6) is 0. The molecule has 0 N–H and O–H groups in total. The molecule has 6 aromatic rings. The van der Waals surface area contributed by atoms with Gasteiger partial charge in [0.15, 0.2) is 0 Å². The minimum Gasteiger partial charge on any atom is -0.304 e. The third-order valence-electron chi connectivity index (χ3n) is 7.43. The predicted molar refractivity (Wildman–Crippen MR) is 204 cm³/mol. The van der Waals surface area contributed by atoms with E-state index in [2.05, 4.69) is 208 Å². The summed E-state index contributed by atoms with van der Waals surface area (Å²) in [4.78, 5) is 2.38. The van der Waals surface area contributed by atoms with Crippen LogP contribution in [-0.2, 0) is 0 Å². The molecule has 0 bridgehead atoms. The van der Waals surface area contributed by atoms with Crippen LogP contribution in [0, 0.1) is 0 Å². The Morgan fingerprint density at radius 3 is 0.556 bits per heavy atom. The van der Waals surface area contributed by atoms with Gasteiger partial charge >= 0.3 is 0 Å². The van der Waals surface area contributed by atoms with Gasteiger partial charge in [-0.15, -0.1) is 0 Å². The van der Waals surface area contributed by atoms with E-state index in [0.717, 1.165) is 0 Å². The molecule has 0 unspecified atom stereocenters. The van der Waals surface area contributed by atoms with Crippen molar-refractivity contribution in [3.8, 4) is 0 Å². The highest BCUT2D eigenvalue weighted by Crippen LogP contribution is 2.33. The largest absolute Gasteiger partial charge is 0.304 e. The number of nitrogens with zero attached hydrogens (tertiary/aromatic N) is 1. The summed E-state index contributed by atoms with van der Waals surface area (Å²) in [5, 5.41) is 8.39. The van der Waals surface area contributed by atoms with E-state index in [9.17, 15) is 0 Å². The second-order valence-electron chi connectivity index (χ2n) is 10.3. The van der Waals surface area contributed by atoms with Crippen molar-refractivity contribution in [1.82, 2.24) is 4.90 Å². The topological polar surface area (TPSA) is 3.24 Å². The summed E-state index contributed by atoms with van der Waals surface area (Å²) in [7, 11) is -0.892. The van der Waals surface area contributed by atoms with Gasteiger partial charge in [-0.2, -0.15) is 0 Å². The number of benzene rings is 6. The van der Waals surface area contributed by atoms with Gasteiger partial charge in [0.1, 0.15) is 0 Å². The molecule has 0 amide bonds. The monoisotopic (exact) mass is 625 g/mol. The molecule has 0 aliphatic heterocycles. The van der Waals surface area contributed by atoms with Gasteiger partial charge in [0.25, 0.3) is 0 Å². The Labute approximate surface area is 274 Å². The smallest absolute Gasteiger partial charge is 0.00474 e. The zero-order valence-corrected chi connectivity index (χ0v) is 28.6. The van der Waals surface area contributed by atoms with Gasteiger partial charge in [-0.3, -0.25) is 0 Å². The summed E-state index contributed by atoms with van der Waals surface area (Å²) in [6.45, 7) is 10.1. The lowest BCUT2D eigenvalue weighted by Crippen LogP contribution is -2.21. The highest BCUT2D eigenvalue weighted by Gasteiger charge is 2.16. The molecule has 0 saturated carbocycles. The van der Waals surface area contributed by atoms with Gasteiger partial charge in [-0.05, 0) is 67.3 Å². The van der Waals surface area contributed by atoms with Crippen LogP contribution >= 0.6 is 15.8 Å². The van der Waals surface area contributed by atoms with E-state index < -0.39 is 15.8 Å². The number of hydrogen-bond donors (Lipinski definition) is 0. The van der Waals surface area contributed by atoms with E-state index in [1.807, 2.05) is 0 Å². The van der Waals surface area contributed by atoms with E-state index in [-0.39, 0.29) is 0 Å². The van der Waals surface area contributed by atoms with E-state index in [1.165, 1.54) is 51.5 Å². The summed E-state index contributed by atoms with van der Waals surface area (Å²) in [6, 6.07) is 64.7. The Kier molecular flexibility index (Phi) is 14.8. The molecule has 0 aliphatic carbocycles. The van der Waals surface area contributed by atoms with Gasteiger partial charge < -0.3 is 4.90 Å². The summed E-state index contributed by atoms with van der Waals surface area (Å²) < 4.78 is 0. The lowest BCUT2D eigenvalue weighted by molar-refractivity contribution is 0.321. The predicted octanol–water partition coefficient (Wildman–Crippen LogP) is 8.24. The maximum atomic E-state index is 2.38. The first-order valence-electron chi connectivity index (χ1n) is 15.9. The van der Waals surface area contributed by atoms with Crippen LogP contribution < -0.4 is 31.8 Å². The van der Waals surface area contributed by atoms with Crippen LogP contribution in [0.15, 0.2) is 182 Å². The third kappa shape index (κ3) is 10.6.